The first-order valence-corrected chi connectivity index (χ1v) is 8.51. The van der Waals surface area contributed by atoms with Crippen LogP contribution in [0.3, 0.4) is 0 Å². The van der Waals surface area contributed by atoms with Gasteiger partial charge in [0.25, 0.3) is 0 Å². The lowest BCUT2D eigenvalue weighted by molar-refractivity contribution is 0.405. The highest BCUT2D eigenvalue weighted by atomic mass is 127. The molecule has 1 fully saturated rings. The Labute approximate surface area is 136 Å². The third-order valence-electron chi connectivity index (χ3n) is 4.26. The van der Waals surface area contributed by atoms with Crippen molar-refractivity contribution in [3.05, 3.63) is 27.3 Å². The number of hydrogen-bond acceptors (Lipinski definition) is 1. The van der Waals surface area contributed by atoms with Crippen molar-refractivity contribution in [1.82, 2.24) is 9.55 Å². The molecule has 3 rings (SSSR count). The standard InChI is InChI=1S/C15H17ClFIN2/c1-8-4-3-5-13(8)20-14-6-10(17)11(18)7-12(14)19-15(20)9(2)16/h6-9,13H,3-5H2,1-2H3. The highest BCUT2D eigenvalue weighted by molar-refractivity contribution is 14.1. The number of imidazole rings is 1. The zero-order valence-corrected chi connectivity index (χ0v) is 14.4. The molecular formula is C15H17ClFIN2. The van der Waals surface area contributed by atoms with Crippen LogP contribution in [0.1, 0.15) is 50.4 Å². The Balaban J connectivity index is 2.26. The van der Waals surface area contributed by atoms with Gasteiger partial charge in [-0.15, -0.1) is 11.6 Å². The van der Waals surface area contributed by atoms with Gasteiger partial charge in [-0.1, -0.05) is 13.3 Å². The average Bonchev–Trinajstić information content (AvgIpc) is 2.93. The number of halogens is 3. The summed E-state index contributed by atoms with van der Waals surface area (Å²) >= 11 is 8.31. The van der Waals surface area contributed by atoms with Crippen molar-refractivity contribution >= 4 is 45.2 Å². The van der Waals surface area contributed by atoms with E-state index in [1.165, 1.54) is 12.8 Å². The molecule has 1 heterocycles. The molecule has 1 aliphatic carbocycles. The maximum Gasteiger partial charge on any atom is 0.138 e. The predicted octanol–water partition coefficient (Wildman–Crippen LogP) is 5.44. The fourth-order valence-electron chi connectivity index (χ4n) is 3.25. The third-order valence-corrected chi connectivity index (χ3v) is 5.28. The van der Waals surface area contributed by atoms with Crippen LogP contribution in [-0.4, -0.2) is 9.55 Å². The lowest BCUT2D eigenvalue weighted by Crippen LogP contribution is -2.15. The quantitative estimate of drug-likeness (QED) is 0.479. The molecule has 0 radical (unpaired) electrons. The van der Waals surface area contributed by atoms with Crippen molar-refractivity contribution in [1.29, 1.82) is 0 Å². The lowest BCUT2D eigenvalue weighted by Gasteiger charge is -2.22. The first-order valence-electron chi connectivity index (χ1n) is 7.00. The molecule has 3 atom stereocenters. The highest BCUT2D eigenvalue weighted by Crippen LogP contribution is 2.40. The molecule has 2 nitrogen and oxygen atoms in total. The summed E-state index contributed by atoms with van der Waals surface area (Å²) in [6.45, 7) is 4.19. The molecule has 0 N–H and O–H groups in total. The number of aromatic nitrogens is 2. The van der Waals surface area contributed by atoms with Gasteiger partial charge >= 0.3 is 0 Å². The first kappa shape index (κ1) is 14.6. The van der Waals surface area contributed by atoms with Crippen molar-refractivity contribution in [3.8, 4) is 0 Å². The van der Waals surface area contributed by atoms with Crippen molar-refractivity contribution in [3.63, 3.8) is 0 Å². The van der Waals surface area contributed by atoms with Gasteiger partial charge in [-0.2, -0.15) is 0 Å². The smallest absolute Gasteiger partial charge is 0.138 e. The Morgan fingerprint density at radius 2 is 2.20 bits per heavy atom. The Hall–Kier alpha value is -0.360. The predicted molar refractivity (Wildman–Crippen MR) is 88.7 cm³/mol. The van der Waals surface area contributed by atoms with Gasteiger partial charge in [0.15, 0.2) is 0 Å². The monoisotopic (exact) mass is 406 g/mol. The second-order valence-electron chi connectivity index (χ2n) is 5.69. The van der Waals surface area contributed by atoms with E-state index in [2.05, 4.69) is 16.5 Å². The normalized spacial score (nSPS) is 24.4. The maximum atomic E-state index is 13.9. The van der Waals surface area contributed by atoms with Gasteiger partial charge in [0, 0.05) is 12.1 Å². The summed E-state index contributed by atoms with van der Waals surface area (Å²) < 4.78 is 16.7. The summed E-state index contributed by atoms with van der Waals surface area (Å²) in [5, 5.41) is -0.170. The average molecular weight is 407 g/mol. The van der Waals surface area contributed by atoms with Gasteiger partial charge in [-0.3, -0.25) is 0 Å². The summed E-state index contributed by atoms with van der Waals surface area (Å²) in [5.41, 5.74) is 1.72. The molecule has 3 unspecified atom stereocenters. The molecule has 2 aromatic rings. The fraction of sp³-hybridized carbons (Fsp3) is 0.533. The summed E-state index contributed by atoms with van der Waals surface area (Å²) in [5.74, 6) is 1.27. The van der Waals surface area contributed by atoms with Crippen molar-refractivity contribution in [2.75, 3.05) is 0 Å². The van der Waals surface area contributed by atoms with Crippen LogP contribution in [0.5, 0.6) is 0 Å². The maximum absolute atomic E-state index is 13.9. The molecule has 1 aliphatic rings. The van der Waals surface area contributed by atoms with Crippen LogP contribution in [-0.2, 0) is 0 Å². The number of rotatable bonds is 2. The molecule has 1 aromatic carbocycles. The van der Waals surface area contributed by atoms with Crippen molar-refractivity contribution in [2.45, 2.75) is 44.5 Å². The van der Waals surface area contributed by atoms with Gasteiger partial charge in [-0.05, 0) is 54.3 Å². The number of alkyl halides is 1. The number of nitrogens with zero attached hydrogens (tertiary/aromatic N) is 2. The van der Waals surface area contributed by atoms with Crippen LogP contribution in [0.4, 0.5) is 4.39 Å². The van der Waals surface area contributed by atoms with Crippen LogP contribution in [0.2, 0.25) is 0 Å². The van der Waals surface area contributed by atoms with E-state index in [-0.39, 0.29) is 11.2 Å². The molecular weight excluding hydrogens is 390 g/mol. The molecule has 0 saturated heterocycles. The summed E-state index contributed by atoms with van der Waals surface area (Å²) in [6.07, 6.45) is 3.55. The van der Waals surface area contributed by atoms with E-state index >= 15 is 0 Å². The van der Waals surface area contributed by atoms with Gasteiger partial charge < -0.3 is 4.57 Å². The van der Waals surface area contributed by atoms with Gasteiger partial charge in [0.2, 0.25) is 0 Å². The largest absolute Gasteiger partial charge is 0.323 e. The minimum atomic E-state index is -0.182. The second-order valence-corrected chi connectivity index (χ2v) is 7.50. The molecule has 1 saturated carbocycles. The zero-order valence-electron chi connectivity index (χ0n) is 11.5. The number of benzene rings is 1. The molecule has 0 bridgehead atoms. The van der Waals surface area contributed by atoms with E-state index in [1.807, 2.05) is 35.6 Å². The minimum Gasteiger partial charge on any atom is -0.323 e. The molecule has 1 aromatic heterocycles. The van der Waals surface area contributed by atoms with E-state index in [0.717, 1.165) is 23.3 Å². The van der Waals surface area contributed by atoms with Crippen LogP contribution in [0.25, 0.3) is 11.0 Å². The summed E-state index contributed by atoms with van der Waals surface area (Å²) in [4.78, 5) is 4.65. The molecule has 0 aliphatic heterocycles. The zero-order chi connectivity index (χ0) is 14.4. The van der Waals surface area contributed by atoms with Gasteiger partial charge in [-0.25, -0.2) is 9.37 Å². The van der Waals surface area contributed by atoms with Crippen molar-refractivity contribution < 1.29 is 4.39 Å². The molecule has 108 valence electrons. The third kappa shape index (κ3) is 2.34. The Bertz CT molecular complexity index is 653. The first-order chi connectivity index (χ1) is 9.49. The Morgan fingerprint density at radius 1 is 1.45 bits per heavy atom. The molecule has 5 heteroatoms. The Kier molecular flexibility index (Phi) is 3.97. The Morgan fingerprint density at radius 3 is 2.80 bits per heavy atom. The molecule has 0 amide bonds. The van der Waals surface area contributed by atoms with Gasteiger partial charge in [0.1, 0.15) is 11.6 Å². The highest BCUT2D eigenvalue weighted by Gasteiger charge is 2.30. The molecule has 20 heavy (non-hydrogen) atoms. The van der Waals surface area contributed by atoms with Gasteiger partial charge in [0.05, 0.1) is 20.0 Å². The van der Waals surface area contributed by atoms with Crippen molar-refractivity contribution in [2.24, 2.45) is 5.92 Å². The number of hydrogen-bond donors (Lipinski definition) is 0. The van der Waals surface area contributed by atoms with E-state index in [9.17, 15) is 4.39 Å². The van der Waals surface area contributed by atoms with E-state index in [4.69, 9.17) is 11.6 Å². The van der Waals surface area contributed by atoms with Crippen LogP contribution in [0, 0.1) is 15.3 Å². The lowest BCUT2D eigenvalue weighted by atomic mass is 10.1. The topological polar surface area (TPSA) is 17.8 Å². The number of fused-ring (bicyclic) bond motifs is 1. The van der Waals surface area contributed by atoms with Crippen LogP contribution >= 0.6 is 34.2 Å². The minimum absolute atomic E-state index is 0.170. The summed E-state index contributed by atoms with van der Waals surface area (Å²) in [6, 6.07) is 3.80. The SMILES string of the molecule is CC(Cl)c1nc2cc(I)c(F)cc2n1C1CCCC1C. The van der Waals surface area contributed by atoms with Crippen LogP contribution in [0.15, 0.2) is 12.1 Å². The van der Waals surface area contributed by atoms with E-state index in [0.29, 0.717) is 15.5 Å². The van der Waals surface area contributed by atoms with E-state index in [1.54, 1.807) is 6.07 Å². The van der Waals surface area contributed by atoms with E-state index < -0.39 is 0 Å². The summed E-state index contributed by atoms with van der Waals surface area (Å²) in [7, 11) is 0. The molecule has 0 spiro atoms. The second kappa shape index (κ2) is 5.44. The fourth-order valence-corrected chi connectivity index (χ4v) is 3.85. The van der Waals surface area contributed by atoms with Crippen LogP contribution < -0.4 is 0 Å².